The van der Waals surface area contributed by atoms with Crippen LogP contribution in [0.4, 0.5) is 0 Å². The summed E-state index contributed by atoms with van der Waals surface area (Å²) in [6, 6.07) is 19.6. The number of hydrogen-bond acceptors (Lipinski definition) is 3. The van der Waals surface area contributed by atoms with E-state index in [4.69, 9.17) is 14.2 Å². The van der Waals surface area contributed by atoms with Crippen LogP contribution in [-0.4, -0.2) is 25.4 Å². The van der Waals surface area contributed by atoms with Gasteiger partial charge in [0, 0.05) is 6.61 Å². The number of para-hydroxylation sites is 2. The summed E-state index contributed by atoms with van der Waals surface area (Å²) in [5, 5.41) is 0. The Morgan fingerprint density at radius 3 is 2.09 bits per heavy atom. The van der Waals surface area contributed by atoms with E-state index in [1.165, 1.54) is 0 Å². The summed E-state index contributed by atoms with van der Waals surface area (Å²) in [4.78, 5) is 0. The largest absolute Gasteiger partial charge is 0.490 e. The molecule has 0 unspecified atom stereocenters. The number of ether oxygens (including phenoxy) is 3. The van der Waals surface area contributed by atoms with Crippen molar-refractivity contribution in [3.63, 3.8) is 0 Å². The van der Waals surface area contributed by atoms with E-state index < -0.39 is 0 Å². The third-order valence-corrected chi connectivity index (χ3v) is 3.59. The average molecular weight is 314 g/mol. The molecule has 3 heteroatoms. The van der Waals surface area contributed by atoms with Gasteiger partial charge >= 0.3 is 0 Å². The first-order valence-corrected chi connectivity index (χ1v) is 8.30. The molecule has 2 aromatic carbocycles. The lowest BCUT2D eigenvalue weighted by atomic mass is 10.2. The maximum absolute atomic E-state index is 6.08. The van der Waals surface area contributed by atoms with E-state index >= 15 is 0 Å². The molecule has 0 saturated heterocycles. The molecular weight excluding hydrogens is 288 g/mol. The molecule has 0 bridgehead atoms. The molecule has 0 spiro atoms. The minimum Gasteiger partial charge on any atom is -0.490 e. The SMILES string of the molecule is CCCCO[C@@H](C)[C@@H](COc1ccccc1)Oc1ccccc1. The van der Waals surface area contributed by atoms with Crippen LogP contribution in [0, 0.1) is 0 Å². The highest BCUT2D eigenvalue weighted by Gasteiger charge is 2.21. The molecule has 0 fully saturated rings. The van der Waals surface area contributed by atoms with Crippen LogP contribution in [0.2, 0.25) is 0 Å². The number of rotatable bonds is 10. The van der Waals surface area contributed by atoms with Gasteiger partial charge < -0.3 is 14.2 Å². The maximum atomic E-state index is 6.08. The molecule has 2 aromatic rings. The Hall–Kier alpha value is -2.00. The molecule has 0 aliphatic rings. The van der Waals surface area contributed by atoms with Crippen LogP contribution in [0.25, 0.3) is 0 Å². The van der Waals surface area contributed by atoms with Crippen molar-refractivity contribution in [3.05, 3.63) is 60.7 Å². The Morgan fingerprint density at radius 2 is 1.48 bits per heavy atom. The van der Waals surface area contributed by atoms with Crippen molar-refractivity contribution in [1.29, 1.82) is 0 Å². The van der Waals surface area contributed by atoms with Crippen molar-refractivity contribution in [2.45, 2.75) is 38.9 Å². The van der Waals surface area contributed by atoms with Crippen molar-refractivity contribution in [3.8, 4) is 11.5 Å². The summed E-state index contributed by atoms with van der Waals surface area (Å²) < 4.78 is 17.8. The summed E-state index contributed by atoms with van der Waals surface area (Å²) in [5.74, 6) is 1.68. The lowest BCUT2D eigenvalue weighted by Gasteiger charge is -2.25. The summed E-state index contributed by atoms with van der Waals surface area (Å²) in [6.07, 6.45) is 1.99. The van der Waals surface area contributed by atoms with Gasteiger partial charge in [-0.05, 0) is 37.6 Å². The molecule has 124 valence electrons. The van der Waals surface area contributed by atoms with Crippen LogP contribution >= 0.6 is 0 Å². The topological polar surface area (TPSA) is 27.7 Å². The maximum Gasteiger partial charge on any atom is 0.158 e. The molecule has 0 aliphatic heterocycles. The van der Waals surface area contributed by atoms with Crippen molar-refractivity contribution < 1.29 is 14.2 Å². The molecule has 0 N–H and O–H groups in total. The van der Waals surface area contributed by atoms with Gasteiger partial charge in [0.15, 0.2) is 6.10 Å². The van der Waals surface area contributed by atoms with Crippen molar-refractivity contribution in [2.75, 3.05) is 13.2 Å². The number of benzene rings is 2. The second-order valence-electron chi connectivity index (χ2n) is 5.52. The quantitative estimate of drug-likeness (QED) is 0.594. The molecule has 0 heterocycles. The molecule has 0 radical (unpaired) electrons. The van der Waals surface area contributed by atoms with E-state index in [0.717, 1.165) is 30.9 Å². The minimum absolute atomic E-state index is 0.0366. The highest BCUT2D eigenvalue weighted by atomic mass is 16.6. The fourth-order valence-corrected chi connectivity index (χ4v) is 2.16. The molecule has 0 amide bonds. The van der Waals surface area contributed by atoms with Gasteiger partial charge in [-0.2, -0.15) is 0 Å². The molecule has 23 heavy (non-hydrogen) atoms. The lowest BCUT2D eigenvalue weighted by Crippen LogP contribution is -2.37. The fourth-order valence-electron chi connectivity index (χ4n) is 2.16. The van der Waals surface area contributed by atoms with Gasteiger partial charge in [0.05, 0.1) is 6.10 Å². The van der Waals surface area contributed by atoms with Gasteiger partial charge in [-0.25, -0.2) is 0 Å². The van der Waals surface area contributed by atoms with Gasteiger partial charge in [-0.3, -0.25) is 0 Å². The second-order valence-corrected chi connectivity index (χ2v) is 5.52. The highest BCUT2D eigenvalue weighted by Crippen LogP contribution is 2.16. The van der Waals surface area contributed by atoms with E-state index in [9.17, 15) is 0 Å². The Kier molecular flexibility index (Phi) is 7.47. The van der Waals surface area contributed by atoms with E-state index in [1.807, 2.05) is 67.6 Å². The van der Waals surface area contributed by atoms with E-state index in [0.29, 0.717) is 6.61 Å². The first-order valence-electron chi connectivity index (χ1n) is 8.30. The van der Waals surface area contributed by atoms with Crippen LogP contribution in [0.1, 0.15) is 26.7 Å². The molecule has 0 saturated carbocycles. The van der Waals surface area contributed by atoms with Gasteiger partial charge in [0.25, 0.3) is 0 Å². The summed E-state index contributed by atoms with van der Waals surface area (Å²) in [5.41, 5.74) is 0. The van der Waals surface area contributed by atoms with Crippen molar-refractivity contribution >= 4 is 0 Å². The zero-order valence-corrected chi connectivity index (χ0v) is 14.0. The predicted molar refractivity (Wildman–Crippen MR) is 93.1 cm³/mol. The Labute approximate surface area is 139 Å². The van der Waals surface area contributed by atoms with Crippen molar-refractivity contribution in [1.82, 2.24) is 0 Å². The molecule has 2 rings (SSSR count). The summed E-state index contributed by atoms with van der Waals surface area (Å²) in [6.45, 7) is 5.39. The molecule has 0 aromatic heterocycles. The smallest absolute Gasteiger partial charge is 0.158 e. The van der Waals surface area contributed by atoms with Crippen LogP contribution in [0.3, 0.4) is 0 Å². The lowest BCUT2D eigenvalue weighted by molar-refractivity contribution is -0.0326. The van der Waals surface area contributed by atoms with Gasteiger partial charge in [-0.1, -0.05) is 49.7 Å². The normalized spacial score (nSPS) is 13.3. The van der Waals surface area contributed by atoms with E-state index in [1.54, 1.807) is 0 Å². The molecule has 2 atom stereocenters. The second kappa shape index (κ2) is 9.90. The monoisotopic (exact) mass is 314 g/mol. The van der Waals surface area contributed by atoms with E-state index in [-0.39, 0.29) is 12.2 Å². The first-order chi connectivity index (χ1) is 11.3. The zero-order valence-electron chi connectivity index (χ0n) is 14.0. The zero-order chi connectivity index (χ0) is 16.3. The minimum atomic E-state index is -0.158. The standard InChI is InChI=1S/C20H26O3/c1-3-4-15-21-17(2)20(23-19-13-9-6-10-14-19)16-22-18-11-7-5-8-12-18/h5-14,17,20H,3-4,15-16H2,1-2H3/t17-,20+/m0/s1. The van der Waals surface area contributed by atoms with Gasteiger partial charge in [0.2, 0.25) is 0 Å². The number of hydrogen-bond donors (Lipinski definition) is 0. The van der Waals surface area contributed by atoms with Crippen molar-refractivity contribution in [2.24, 2.45) is 0 Å². The molecule has 0 aliphatic carbocycles. The van der Waals surface area contributed by atoms with Crippen LogP contribution in [-0.2, 0) is 4.74 Å². The summed E-state index contributed by atoms with van der Waals surface area (Å²) >= 11 is 0. The van der Waals surface area contributed by atoms with Crippen LogP contribution in [0.15, 0.2) is 60.7 Å². The summed E-state index contributed by atoms with van der Waals surface area (Å²) in [7, 11) is 0. The van der Waals surface area contributed by atoms with Crippen LogP contribution < -0.4 is 9.47 Å². The Morgan fingerprint density at radius 1 is 0.870 bits per heavy atom. The Bertz CT molecular complexity index is 527. The molecular formula is C20H26O3. The van der Waals surface area contributed by atoms with Gasteiger partial charge in [-0.15, -0.1) is 0 Å². The average Bonchev–Trinajstić information content (AvgIpc) is 2.60. The Balaban J connectivity index is 1.95. The van der Waals surface area contributed by atoms with Gasteiger partial charge in [0.1, 0.15) is 18.1 Å². The fraction of sp³-hybridized carbons (Fsp3) is 0.400. The third kappa shape index (κ3) is 6.33. The highest BCUT2D eigenvalue weighted by molar-refractivity contribution is 5.22. The van der Waals surface area contributed by atoms with E-state index in [2.05, 4.69) is 6.92 Å². The number of unbranched alkanes of at least 4 members (excludes halogenated alkanes) is 1. The first kappa shape index (κ1) is 17.4. The predicted octanol–water partition coefficient (Wildman–Crippen LogP) is 4.72. The third-order valence-electron chi connectivity index (χ3n) is 3.59. The van der Waals surface area contributed by atoms with Crippen LogP contribution in [0.5, 0.6) is 11.5 Å². The molecule has 3 nitrogen and oxygen atoms in total.